The van der Waals surface area contributed by atoms with Crippen LogP contribution < -0.4 is 16.0 Å². The van der Waals surface area contributed by atoms with Gasteiger partial charge in [-0.1, -0.05) is 13.8 Å². The minimum Gasteiger partial charge on any atom is -0.746 e. The van der Waals surface area contributed by atoms with Gasteiger partial charge in [-0.05, 0) is 46.0 Å². The Morgan fingerprint density at radius 3 is 2.26 bits per heavy atom. The van der Waals surface area contributed by atoms with E-state index in [1.54, 1.807) is 34.6 Å². The fourth-order valence-electron chi connectivity index (χ4n) is 4.01. The molecule has 2 aliphatic rings. The summed E-state index contributed by atoms with van der Waals surface area (Å²) >= 11 is 0. The van der Waals surface area contributed by atoms with E-state index in [2.05, 4.69) is 16.0 Å². The van der Waals surface area contributed by atoms with Gasteiger partial charge in [0, 0.05) is 12.5 Å². The van der Waals surface area contributed by atoms with E-state index < -0.39 is 75.0 Å². The molecule has 222 valence electrons. The van der Waals surface area contributed by atoms with Crippen LogP contribution in [0, 0.1) is 11.8 Å². The van der Waals surface area contributed by atoms with Gasteiger partial charge in [0.2, 0.25) is 17.3 Å². The second-order valence-corrected chi connectivity index (χ2v) is 12.5. The molecule has 0 radical (unpaired) electrons. The van der Waals surface area contributed by atoms with Crippen LogP contribution in [0.15, 0.2) is 0 Å². The minimum atomic E-state index is -5.44. The van der Waals surface area contributed by atoms with Crippen molar-refractivity contribution < 1.29 is 51.5 Å². The van der Waals surface area contributed by atoms with Gasteiger partial charge in [-0.3, -0.25) is 14.4 Å². The molecule has 2 heterocycles. The van der Waals surface area contributed by atoms with Crippen molar-refractivity contribution in [3.63, 3.8) is 0 Å². The molecule has 4 N–H and O–H groups in total. The van der Waals surface area contributed by atoms with Crippen LogP contribution in [0.2, 0.25) is 0 Å². The molecule has 2 saturated heterocycles. The fourth-order valence-corrected chi connectivity index (χ4v) is 4.45. The number of aliphatic hydroxyl groups is 1. The number of nitrogens with zero attached hydrogens (tertiary/aromatic N) is 1. The van der Waals surface area contributed by atoms with Gasteiger partial charge in [0.1, 0.15) is 27.9 Å². The van der Waals surface area contributed by atoms with Crippen LogP contribution in [0.4, 0.5) is 9.59 Å². The summed E-state index contributed by atoms with van der Waals surface area (Å²) in [5, 5.41) is 17.0. The highest BCUT2D eigenvalue weighted by atomic mass is 32.2. The normalized spacial score (nSPS) is 20.4. The van der Waals surface area contributed by atoms with Crippen molar-refractivity contribution in [1.82, 2.24) is 20.9 Å². The zero-order chi connectivity index (χ0) is 29.7. The Labute approximate surface area is 227 Å². The Bertz CT molecular complexity index is 1050. The second-order valence-electron chi connectivity index (χ2n) is 11.1. The van der Waals surface area contributed by atoms with E-state index in [0.717, 1.165) is 0 Å². The van der Waals surface area contributed by atoms with E-state index in [1.807, 2.05) is 0 Å². The van der Waals surface area contributed by atoms with Crippen molar-refractivity contribution in [2.75, 3.05) is 19.6 Å². The molecule has 2 rings (SSSR count). The SMILES string of the molecule is CC(C)C[C@H](NC(=O)OC1CN(C(=O)OC(C)(C)C)C1)C(=O)N[C@@H](C[C@H]1CCNC1=O)C(=O)C(O)S(=O)(=O)[O-]. The molecule has 0 saturated carbocycles. The summed E-state index contributed by atoms with van der Waals surface area (Å²) in [5.41, 5.74) is -3.63. The maximum absolute atomic E-state index is 13.1. The summed E-state index contributed by atoms with van der Waals surface area (Å²) in [4.78, 5) is 63.6. The molecule has 4 atom stereocenters. The first kappa shape index (κ1) is 32.2. The van der Waals surface area contributed by atoms with Gasteiger partial charge in [-0.25, -0.2) is 18.0 Å². The molecule has 0 bridgehead atoms. The van der Waals surface area contributed by atoms with Crippen LogP contribution >= 0.6 is 0 Å². The number of hydrogen-bond donors (Lipinski definition) is 4. The molecule has 0 aromatic rings. The first-order chi connectivity index (χ1) is 17.9. The van der Waals surface area contributed by atoms with Crippen molar-refractivity contribution in [2.45, 2.75) is 83.1 Å². The minimum absolute atomic E-state index is 0.0862. The van der Waals surface area contributed by atoms with Gasteiger partial charge in [-0.2, -0.15) is 0 Å². The molecule has 2 aliphatic heterocycles. The van der Waals surface area contributed by atoms with Crippen molar-refractivity contribution in [3.8, 4) is 0 Å². The van der Waals surface area contributed by atoms with E-state index in [0.29, 0.717) is 13.0 Å². The molecule has 0 aliphatic carbocycles. The number of ether oxygens (including phenoxy) is 2. The number of Topliss-reactive ketones (excluding diaryl/α,β-unsaturated/α-hetero) is 1. The van der Waals surface area contributed by atoms with Gasteiger partial charge in [0.15, 0.2) is 5.78 Å². The summed E-state index contributed by atoms with van der Waals surface area (Å²) in [6.45, 7) is 9.15. The highest BCUT2D eigenvalue weighted by molar-refractivity contribution is 7.87. The smallest absolute Gasteiger partial charge is 0.410 e. The summed E-state index contributed by atoms with van der Waals surface area (Å²) < 4.78 is 44.2. The molecule has 1 unspecified atom stereocenters. The van der Waals surface area contributed by atoms with Crippen molar-refractivity contribution in [2.24, 2.45) is 11.8 Å². The average molecular weight is 578 g/mol. The standard InChI is InChI=1S/C23H38N4O11S/c1-12(2)8-16(26-21(32)37-14-10-27(11-14)22(33)38-23(3,4)5)19(30)25-15(9-13-6-7-24-18(13)29)17(28)20(31)39(34,35)36/h12-16,20,31H,6-11H2,1-5H3,(H,24,29)(H,25,30)(H,26,32)(H,34,35,36)/p-1/t13-,15+,16+,20?/m1/s1. The van der Waals surface area contributed by atoms with Gasteiger partial charge < -0.3 is 40.0 Å². The Balaban J connectivity index is 2.05. The summed E-state index contributed by atoms with van der Waals surface area (Å²) in [6, 6.07) is -2.93. The number of carbonyl (C=O) groups is 5. The number of carbonyl (C=O) groups excluding carboxylic acids is 5. The molecule has 0 aromatic heterocycles. The van der Waals surface area contributed by atoms with E-state index in [-0.39, 0.29) is 31.8 Å². The maximum Gasteiger partial charge on any atom is 0.410 e. The van der Waals surface area contributed by atoms with Crippen molar-refractivity contribution in [1.29, 1.82) is 0 Å². The first-order valence-corrected chi connectivity index (χ1v) is 14.0. The quantitative estimate of drug-likeness (QED) is 0.222. The third-order valence-electron chi connectivity index (χ3n) is 5.95. The molecule has 0 spiro atoms. The molecule has 39 heavy (non-hydrogen) atoms. The average Bonchev–Trinajstić information content (AvgIpc) is 3.15. The number of rotatable bonds is 11. The lowest BCUT2D eigenvalue weighted by Gasteiger charge is -2.39. The van der Waals surface area contributed by atoms with Crippen LogP contribution in [-0.2, 0) is 34.0 Å². The van der Waals surface area contributed by atoms with Crippen LogP contribution in [0.25, 0.3) is 0 Å². The number of likely N-dealkylation sites (tertiary alicyclic amines) is 1. The second kappa shape index (κ2) is 12.9. The molecule has 0 aromatic carbocycles. The van der Waals surface area contributed by atoms with Crippen molar-refractivity contribution in [3.05, 3.63) is 0 Å². The summed E-state index contributed by atoms with van der Waals surface area (Å²) in [5.74, 6) is -3.72. The summed E-state index contributed by atoms with van der Waals surface area (Å²) in [7, 11) is -5.44. The molecular weight excluding hydrogens is 540 g/mol. The largest absolute Gasteiger partial charge is 0.746 e. The van der Waals surface area contributed by atoms with Gasteiger partial charge >= 0.3 is 12.2 Å². The lowest BCUT2D eigenvalue weighted by molar-refractivity contribution is -0.132. The predicted octanol–water partition coefficient (Wildman–Crippen LogP) is -0.810. The number of nitrogens with one attached hydrogen (secondary N) is 3. The molecule has 15 nitrogen and oxygen atoms in total. The van der Waals surface area contributed by atoms with Crippen LogP contribution in [0.1, 0.15) is 53.9 Å². The van der Waals surface area contributed by atoms with Crippen LogP contribution in [0.5, 0.6) is 0 Å². The Morgan fingerprint density at radius 2 is 1.77 bits per heavy atom. The molecular formula is C23H37N4O11S-. The first-order valence-electron chi connectivity index (χ1n) is 12.6. The predicted molar refractivity (Wildman–Crippen MR) is 133 cm³/mol. The van der Waals surface area contributed by atoms with E-state index >= 15 is 0 Å². The van der Waals surface area contributed by atoms with Crippen LogP contribution in [0.3, 0.4) is 0 Å². The third kappa shape index (κ3) is 9.93. The lowest BCUT2D eigenvalue weighted by Crippen LogP contribution is -2.58. The number of ketones is 1. The van der Waals surface area contributed by atoms with Crippen molar-refractivity contribution >= 4 is 39.9 Å². The Morgan fingerprint density at radius 1 is 1.15 bits per heavy atom. The molecule has 4 amide bonds. The Hall–Kier alpha value is -2.98. The molecule has 2 fully saturated rings. The number of aliphatic hydroxyl groups excluding tert-OH is 1. The van der Waals surface area contributed by atoms with Gasteiger partial charge in [0.25, 0.3) is 0 Å². The van der Waals surface area contributed by atoms with E-state index in [4.69, 9.17) is 9.47 Å². The zero-order valence-corrected chi connectivity index (χ0v) is 23.4. The lowest BCUT2D eigenvalue weighted by atomic mass is 9.95. The highest BCUT2D eigenvalue weighted by Crippen LogP contribution is 2.20. The monoisotopic (exact) mass is 577 g/mol. The van der Waals surface area contributed by atoms with E-state index in [1.165, 1.54) is 4.90 Å². The maximum atomic E-state index is 13.1. The Kier molecular flexibility index (Phi) is 10.7. The molecule has 16 heteroatoms. The topological polar surface area (TPSA) is 221 Å². The summed E-state index contributed by atoms with van der Waals surface area (Å²) in [6.07, 6.45) is -2.15. The number of alkyl carbamates (subject to hydrolysis) is 1. The number of hydrogen-bond acceptors (Lipinski definition) is 11. The van der Waals surface area contributed by atoms with E-state index in [9.17, 15) is 42.0 Å². The number of amides is 4. The van der Waals surface area contributed by atoms with Gasteiger partial charge in [0.05, 0.1) is 19.1 Å². The van der Waals surface area contributed by atoms with Crippen LogP contribution in [-0.4, -0.2) is 102 Å². The zero-order valence-electron chi connectivity index (χ0n) is 22.6. The highest BCUT2D eigenvalue weighted by Gasteiger charge is 2.39. The third-order valence-corrected chi connectivity index (χ3v) is 6.73. The van der Waals surface area contributed by atoms with Gasteiger partial charge in [-0.15, -0.1) is 0 Å². The fraction of sp³-hybridized carbons (Fsp3) is 0.783.